The average molecular weight is 345 g/mol. The molecular weight excluding hydrogens is 322 g/mol. The van der Waals surface area contributed by atoms with Gasteiger partial charge in [-0.15, -0.1) is 0 Å². The van der Waals surface area contributed by atoms with Gasteiger partial charge in [-0.2, -0.15) is 17.8 Å². The van der Waals surface area contributed by atoms with Gasteiger partial charge in [-0.1, -0.05) is 43.7 Å². The van der Waals surface area contributed by atoms with E-state index in [4.69, 9.17) is 4.28 Å². The lowest BCUT2D eigenvalue weighted by molar-refractivity contribution is -0.101. The summed E-state index contributed by atoms with van der Waals surface area (Å²) in [6.45, 7) is 5.47. The molecule has 0 aromatic heterocycles. The summed E-state index contributed by atoms with van der Waals surface area (Å²) in [6.07, 6.45) is 3.13. The van der Waals surface area contributed by atoms with Crippen molar-refractivity contribution in [2.45, 2.75) is 38.0 Å². The van der Waals surface area contributed by atoms with Crippen LogP contribution < -0.4 is 0 Å². The molecule has 0 aliphatic carbocycles. The van der Waals surface area contributed by atoms with Crippen LogP contribution in [-0.2, 0) is 20.8 Å². The minimum Gasteiger partial charge on any atom is -0.192 e. The molecule has 2 aromatic rings. The molecule has 1 fully saturated rings. The fraction of sp³-hybridized carbons (Fsp3) is 0.368. The van der Waals surface area contributed by atoms with Crippen LogP contribution in [0.5, 0.6) is 0 Å². The fourth-order valence-electron chi connectivity index (χ4n) is 2.75. The van der Waals surface area contributed by atoms with Crippen molar-refractivity contribution in [3.05, 3.63) is 53.6 Å². The molecular formula is C19H23NO3S. The molecule has 0 spiro atoms. The molecule has 5 heteroatoms. The Morgan fingerprint density at radius 1 is 1.08 bits per heavy atom. The first kappa shape index (κ1) is 17.1. The van der Waals surface area contributed by atoms with Crippen molar-refractivity contribution in [2.24, 2.45) is 0 Å². The van der Waals surface area contributed by atoms with Gasteiger partial charge in [0, 0.05) is 13.1 Å². The number of aryl methyl sites for hydroxylation is 2. The maximum Gasteiger partial charge on any atom is 0.313 e. The van der Waals surface area contributed by atoms with Crippen molar-refractivity contribution >= 4 is 10.1 Å². The van der Waals surface area contributed by atoms with Gasteiger partial charge in [0.25, 0.3) is 0 Å². The molecule has 1 saturated heterocycles. The van der Waals surface area contributed by atoms with Crippen LogP contribution in [0.2, 0.25) is 0 Å². The van der Waals surface area contributed by atoms with E-state index in [1.807, 2.05) is 13.0 Å². The van der Waals surface area contributed by atoms with Crippen LogP contribution in [0, 0.1) is 6.92 Å². The number of hydrogen-bond acceptors (Lipinski definition) is 4. The second kappa shape index (κ2) is 7.05. The Kier molecular flexibility index (Phi) is 5.04. The number of benzene rings is 2. The number of hydroxylamine groups is 2. The summed E-state index contributed by atoms with van der Waals surface area (Å²) in [5, 5.41) is 1.48. The van der Waals surface area contributed by atoms with Crippen molar-refractivity contribution in [1.29, 1.82) is 0 Å². The van der Waals surface area contributed by atoms with Gasteiger partial charge in [-0.05, 0) is 54.2 Å². The number of rotatable bonds is 6. The molecule has 1 aliphatic rings. The van der Waals surface area contributed by atoms with Crippen LogP contribution in [0.1, 0.15) is 30.9 Å². The molecule has 24 heavy (non-hydrogen) atoms. The van der Waals surface area contributed by atoms with E-state index in [0.717, 1.165) is 36.0 Å². The number of hydrogen-bond donors (Lipinski definition) is 0. The van der Waals surface area contributed by atoms with E-state index in [1.165, 1.54) is 10.6 Å². The van der Waals surface area contributed by atoms with Crippen molar-refractivity contribution < 1.29 is 12.7 Å². The summed E-state index contributed by atoms with van der Waals surface area (Å²) < 4.78 is 30.0. The zero-order valence-corrected chi connectivity index (χ0v) is 15.0. The van der Waals surface area contributed by atoms with Crippen molar-refractivity contribution in [3.8, 4) is 11.1 Å². The zero-order chi connectivity index (χ0) is 17.2. The Balaban J connectivity index is 1.90. The molecule has 3 rings (SSSR count). The van der Waals surface area contributed by atoms with Crippen LogP contribution in [0.25, 0.3) is 11.1 Å². The average Bonchev–Trinajstić information content (AvgIpc) is 2.53. The summed E-state index contributed by atoms with van der Waals surface area (Å²) in [7, 11) is -3.76. The monoisotopic (exact) mass is 345 g/mol. The maximum absolute atomic E-state index is 12.4. The molecule has 0 radical (unpaired) electrons. The maximum atomic E-state index is 12.4. The third-order valence-corrected chi connectivity index (χ3v) is 5.56. The third kappa shape index (κ3) is 3.69. The first-order valence-electron chi connectivity index (χ1n) is 8.39. The second-order valence-electron chi connectivity index (χ2n) is 6.23. The van der Waals surface area contributed by atoms with Crippen LogP contribution in [0.3, 0.4) is 0 Å². The quantitative estimate of drug-likeness (QED) is 0.795. The smallest absolute Gasteiger partial charge is 0.192 e. The van der Waals surface area contributed by atoms with Crippen molar-refractivity contribution in [1.82, 2.24) is 5.06 Å². The van der Waals surface area contributed by atoms with Gasteiger partial charge in [-0.25, -0.2) is 0 Å². The molecule has 1 aliphatic heterocycles. The summed E-state index contributed by atoms with van der Waals surface area (Å²) in [5.41, 5.74) is 4.28. The van der Waals surface area contributed by atoms with Gasteiger partial charge in [0.05, 0.1) is 4.90 Å². The normalized spacial score (nSPS) is 15.2. The van der Waals surface area contributed by atoms with Gasteiger partial charge >= 0.3 is 10.1 Å². The molecule has 0 atom stereocenters. The van der Waals surface area contributed by atoms with E-state index in [9.17, 15) is 8.42 Å². The topological polar surface area (TPSA) is 46.6 Å². The highest BCUT2D eigenvalue weighted by Gasteiger charge is 2.25. The number of nitrogens with zero attached hydrogens (tertiary/aromatic N) is 1. The highest BCUT2D eigenvalue weighted by molar-refractivity contribution is 7.86. The van der Waals surface area contributed by atoms with E-state index in [1.54, 1.807) is 12.1 Å². The zero-order valence-electron chi connectivity index (χ0n) is 14.2. The van der Waals surface area contributed by atoms with E-state index in [-0.39, 0.29) is 4.90 Å². The van der Waals surface area contributed by atoms with Gasteiger partial charge in [0.2, 0.25) is 0 Å². The molecule has 4 nitrogen and oxygen atoms in total. The van der Waals surface area contributed by atoms with Gasteiger partial charge < -0.3 is 0 Å². The molecule has 128 valence electrons. The molecule has 2 aromatic carbocycles. The van der Waals surface area contributed by atoms with Crippen LogP contribution in [-0.4, -0.2) is 26.6 Å². The Hall–Kier alpha value is -1.69. The summed E-state index contributed by atoms with van der Waals surface area (Å²) in [6, 6.07) is 13.5. The predicted octanol–water partition coefficient (Wildman–Crippen LogP) is 3.94. The SMILES string of the molecule is CCCc1ccc(-c2cc(S(=O)(=O)ON3CCC3)ccc2C)cc1. The predicted molar refractivity (Wildman–Crippen MR) is 95.1 cm³/mol. The second-order valence-corrected chi connectivity index (χ2v) is 7.76. The van der Waals surface area contributed by atoms with E-state index in [0.29, 0.717) is 13.1 Å². The molecule has 0 bridgehead atoms. The summed E-state index contributed by atoms with van der Waals surface area (Å²) in [4.78, 5) is 0.202. The van der Waals surface area contributed by atoms with Crippen LogP contribution in [0.4, 0.5) is 0 Å². The third-order valence-electron chi connectivity index (χ3n) is 4.32. The molecule has 0 unspecified atom stereocenters. The van der Waals surface area contributed by atoms with E-state index in [2.05, 4.69) is 31.2 Å². The van der Waals surface area contributed by atoms with Crippen molar-refractivity contribution in [2.75, 3.05) is 13.1 Å². The molecule has 0 saturated carbocycles. The van der Waals surface area contributed by atoms with Crippen LogP contribution >= 0.6 is 0 Å². The molecule has 0 amide bonds. The first-order valence-corrected chi connectivity index (χ1v) is 9.80. The van der Waals surface area contributed by atoms with E-state index < -0.39 is 10.1 Å². The van der Waals surface area contributed by atoms with Gasteiger partial charge in [-0.3, -0.25) is 0 Å². The lowest BCUT2D eigenvalue weighted by Crippen LogP contribution is -2.38. The Morgan fingerprint density at radius 2 is 1.79 bits per heavy atom. The molecule has 0 N–H and O–H groups in total. The van der Waals surface area contributed by atoms with Crippen molar-refractivity contribution in [3.63, 3.8) is 0 Å². The Bertz CT molecular complexity index is 809. The fourth-order valence-corrected chi connectivity index (χ4v) is 3.76. The Morgan fingerprint density at radius 3 is 2.38 bits per heavy atom. The first-order chi connectivity index (χ1) is 11.5. The van der Waals surface area contributed by atoms with Gasteiger partial charge in [0.15, 0.2) is 0 Å². The van der Waals surface area contributed by atoms with Crippen LogP contribution in [0.15, 0.2) is 47.4 Å². The highest BCUT2D eigenvalue weighted by Crippen LogP contribution is 2.28. The minimum absolute atomic E-state index is 0.202. The highest BCUT2D eigenvalue weighted by atomic mass is 32.2. The largest absolute Gasteiger partial charge is 0.313 e. The van der Waals surface area contributed by atoms with E-state index >= 15 is 0 Å². The van der Waals surface area contributed by atoms with Gasteiger partial charge in [0.1, 0.15) is 0 Å². The molecule has 1 heterocycles. The lowest BCUT2D eigenvalue weighted by Gasteiger charge is -2.28. The summed E-state index contributed by atoms with van der Waals surface area (Å²) in [5.74, 6) is 0. The Labute approximate surface area is 144 Å². The standard InChI is InChI=1S/C19H23NO3S/c1-3-5-16-7-9-17(10-8-16)19-14-18(11-6-15(19)2)24(21,22)23-20-12-4-13-20/h6-11,14H,3-5,12-13H2,1-2H3. The lowest BCUT2D eigenvalue weighted by atomic mass is 9.99. The minimum atomic E-state index is -3.76. The summed E-state index contributed by atoms with van der Waals surface area (Å²) >= 11 is 0.